The minimum Gasteiger partial charge on any atom is -0.398 e. The second kappa shape index (κ2) is 4.86. The SMILES string of the molecule is Cc1c(N)cc(C(=O)c2c[nH]c3nccc(Cl)c23)cc1F. The maximum absolute atomic E-state index is 13.8. The van der Waals surface area contributed by atoms with E-state index < -0.39 is 5.82 Å². The highest BCUT2D eigenvalue weighted by Crippen LogP contribution is 2.28. The summed E-state index contributed by atoms with van der Waals surface area (Å²) in [7, 11) is 0. The molecule has 21 heavy (non-hydrogen) atoms. The van der Waals surface area contributed by atoms with Crippen LogP contribution in [0.1, 0.15) is 21.5 Å². The molecular formula is C15H11ClFN3O. The fraction of sp³-hybridized carbons (Fsp3) is 0.0667. The number of benzene rings is 1. The normalized spacial score (nSPS) is 11.0. The van der Waals surface area contributed by atoms with Crippen molar-refractivity contribution in [2.75, 3.05) is 5.73 Å². The van der Waals surface area contributed by atoms with Gasteiger partial charge >= 0.3 is 0 Å². The van der Waals surface area contributed by atoms with E-state index in [9.17, 15) is 9.18 Å². The van der Waals surface area contributed by atoms with Gasteiger partial charge in [0, 0.05) is 34.6 Å². The highest BCUT2D eigenvalue weighted by Gasteiger charge is 2.18. The summed E-state index contributed by atoms with van der Waals surface area (Å²) in [5.41, 5.74) is 7.30. The van der Waals surface area contributed by atoms with E-state index in [1.807, 2.05) is 0 Å². The number of nitrogens with two attached hydrogens (primary N) is 1. The van der Waals surface area contributed by atoms with Crippen LogP contribution in [-0.4, -0.2) is 15.8 Å². The lowest BCUT2D eigenvalue weighted by Gasteiger charge is -2.06. The minimum absolute atomic E-state index is 0.177. The van der Waals surface area contributed by atoms with Crippen molar-refractivity contribution in [2.24, 2.45) is 0 Å². The molecule has 0 saturated carbocycles. The number of H-pyrrole nitrogens is 1. The zero-order chi connectivity index (χ0) is 15.1. The quantitative estimate of drug-likeness (QED) is 0.562. The maximum Gasteiger partial charge on any atom is 0.195 e. The van der Waals surface area contributed by atoms with Crippen LogP contribution in [0.25, 0.3) is 11.0 Å². The number of ketones is 1. The Morgan fingerprint density at radius 2 is 2.19 bits per heavy atom. The summed E-state index contributed by atoms with van der Waals surface area (Å²) in [6.45, 7) is 1.56. The van der Waals surface area contributed by atoms with Gasteiger partial charge in [-0.05, 0) is 25.1 Å². The predicted molar refractivity (Wildman–Crippen MR) is 80.1 cm³/mol. The van der Waals surface area contributed by atoms with E-state index in [1.54, 1.807) is 19.2 Å². The van der Waals surface area contributed by atoms with Crippen LogP contribution in [-0.2, 0) is 0 Å². The van der Waals surface area contributed by atoms with Crippen LogP contribution >= 0.6 is 11.6 Å². The average molecular weight is 304 g/mol. The van der Waals surface area contributed by atoms with E-state index in [2.05, 4.69) is 9.97 Å². The molecule has 0 aliphatic carbocycles. The third kappa shape index (κ3) is 2.15. The molecule has 4 nitrogen and oxygen atoms in total. The molecule has 0 radical (unpaired) electrons. The first-order chi connectivity index (χ1) is 9.99. The molecule has 0 bridgehead atoms. The van der Waals surface area contributed by atoms with Gasteiger partial charge in [-0.3, -0.25) is 4.79 Å². The third-order valence-electron chi connectivity index (χ3n) is 3.41. The number of pyridine rings is 1. The van der Waals surface area contributed by atoms with Crippen molar-refractivity contribution in [2.45, 2.75) is 6.92 Å². The molecule has 6 heteroatoms. The summed E-state index contributed by atoms with van der Waals surface area (Å²) in [4.78, 5) is 19.5. The third-order valence-corrected chi connectivity index (χ3v) is 3.73. The number of hydrogen-bond acceptors (Lipinski definition) is 3. The van der Waals surface area contributed by atoms with Crippen LogP contribution in [0.15, 0.2) is 30.6 Å². The summed E-state index contributed by atoms with van der Waals surface area (Å²) >= 11 is 6.11. The lowest BCUT2D eigenvalue weighted by atomic mass is 10.0. The molecule has 0 aliphatic heterocycles. The maximum atomic E-state index is 13.8. The molecule has 0 atom stereocenters. The van der Waals surface area contributed by atoms with Crippen molar-refractivity contribution in [3.63, 3.8) is 0 Å². The highest BCUT2D eigenvalue weighted by atomic mass is 35.5. The molecule has 3 N–H and O–H groups in total. The van der Waals surface area contributed by atoms with Gasteiger partial charge < -0.3 is 10.7 Å². The Morgan fingerprint density at radius 1 is 1.43 bits per heavy atom. The molecule has 2 aromatic heterocycles. The molecule has 0 unspecified atom stereocenters. The topological polar surface area (TPSA) is 71.8 Å². The van der Waals surface area contributed by atoms with Crippen LogP contribution in [0.4, 0.5) is 10.1 Å². The van der Waals surface area contributed by atoms with Gasteiger partial charge in [-0.25, -0.2) is 9.37 Å². The number of hydrogen-bond donors (Lipinski definition) is 2. The molecule has 0 fully saturated rings. The van der Waals surface area contributed by atoms with Gasteiger partial charge in [0.25, 0.3) is 0 Å². The second-order valence-electron chi connectivity index (χ2n) is 4.72. The molecule has 1 aromatic carbocycles. The highest BCUT2D eigenvalue weighted by molar-refractivity contribution is 6.37. The van der Waals surface area contributed by atoms with E-state index in [4.69, 9.17) is 17.3 Å². The second-order valence-corrected chi connectivity index (χ2v) is 5.13. The van der Waals surface area contributed by atoms with Crippen LogP contribution in [0, 0.1) is 12.7 Å². The van der Waals surface area contributed by atoms with E-state index in [0.717, 1.165) is 0 Å². The van der Waals surface area contributed by atoms with Crippen LogP contribution in [0.3, 0.4) is 0 Å². The Morgan fingerprint density at radius 3 is 2.90 bits per heavy atom. The van der Waals surface area contributed by atoms with Gasteiger partial charge in [0.2, 0.25) is 0 Å². The lowest BCUT2D eigenvalue weighted by Crippen LogP contribution is -2.04. The van der Waals surface area contributed by atoms with Gasteiger partial charge in [-0.15, -0.1) is 0 Å². The first-order valence-electron chi connectivity index (χ1n) is 6.21. The van der Waals surface area contributed by atoms with Gasteiger partial charge in [-0.1, -0.05) is 11.6 Å². The van der Waals surface area contributed by atoms with E-state index in [1.165, 1.54) is 18.3 Å². The minimum atomic E-state index is -0.512. The summed E-state index contributed by atoms with van der Waals surface area (Å²) in [6, 6.07) is 4.24. The average Bonchev–Trinajstić information content (AvgIpc) is 2.89. The van der Waals surface area contributed by atoms with Gasteiger partial charge in [0.15, 0.2) is 5.78 Å². The molecule has 3 rings (SSSR count). The molecule has 0 aliphatic rings. The van der Waals surface area contributed by atoms with Gasteiger partial charge in [0.1, 0.15) is 11.5 Å². The molecule has 2 heterocycles. The number of carbonyl (C=O) groups excluding carboxylic acids is 1. The zero-order valence-electron chi connectivity index (χ0n) is 11.1. The number of nitrogens with one attached hydrogen (secondary N) is 1. The molecule has 0 amide bonds. The number of aromatic nitrogens is 2. The fourth-order valence-electron chi connectivity index (χ4n) is 2.18. The summed E-state index contributed by atoms with van der Waals surface area (Å²) < 4.78 is 13.8. The van der Waals surface area contributed by atoms with Crippen molar-refractivity contribution in [3.05, 3.63) is 58.1 Å². The number of rotatable bonds is 2. The van der Waals surface area contributed by atoms with Crippen molar-refractivity contribution in [1.82, 2.24) is 9.97 Å². The van der Waals surface area contributed by atoms with Crippen LogP contribution < -0.4 is 5.73 Å². The fourth-order valence-corrected chi connectivity index (χ4v) is 2.43. The lowest BCUT2D eigenvalue weighted by molar-refractivity contribution is 0.104. The summed E-state index contributed by atoms with van der Waals surface area (Å²) in [6.07, 6.45) is 3.05. The molecule has 0 spiro atoms. The Kier molecular flexibility index (Phi) is 3.14. The number of aromatic amines is 1. The number of anilines is 1. The smallest absolute Gasteiger partial charge is 0.195 e. The van der Waals surface area contributed by atoms with E-state index >= 15 is 0 Å². The standard InChI is InChI=1S/C15H11ClFN3O/c1-7-11(17)4-8(5-12(7)18)14(21)9-6-20-15-13(9)10(16)2-3-19-15/h2-6H,18H2,1H3,(H,19,20). The van der Waals surface area contributed by atoms with Crippen molar-refractivity contribution >= 4 is 34.1 Å². The number of fused-ring (bicyclic) bond motifs is 1. The molecule has 106 valence electrons. The van der Waals surface area contributed by atoms with Crippen molar-refractivity contribution < 1.29 is 9.18 Å². The monoisotopic (exact) mass is 303 g/mol. The van der Waals surface area contributed by atoms with Crippen LogP contribution in [0.5, 0.6) is 0 Å². The van der Waals surface area contributed by atoms with Crippen molar-refractivity contribution in [3.8, 4) is 0 Å². The zero-order valence-corrected chi connectivity index (χ0v) is 11.8. The Balaban J connectivity index is 2.17. The summed E-state index contributed by atoms with van der Waals surface area (Å²) in [5.74, 6) is -0.871. The Bertz CT molecular complexity index is 849. The first-order valence-corrected chi connectivity index (χ1v) is 6.58. The van der Waals surface area contributed by atoms with E-state index in [-0.39, 0.29) is 17.0 Å². The Hall–Kier alpha value is -2.40. The number of carbonyl (C=O) groups is 1. The number of halogens is 2. The Labute approximate surface area is 124 Å². The predicted octanol–water partition coefficient (Wildman–Crippen LogP) is 3.48. The largest absolute Gasteiger partial charge is 0.398 e. The van der Waals surface area contributed by atoms with Gasteiger partial charge in [-0.2, -0.15) is 0 Å². The number of nitrogens with zero attached hydrogens (tertiary/aromatic N) is 1. The summed E-state index contributed by atoms with van der Waals surface area (Å²) in [5, 5.41) is 0.925. The molecule has 0 saturated heterocycles. The van der Waals surface area contributed by atoms with Gasteiger partial charge in [0.05, 0.1) is 10.6 Å². The molecular weight excluding hydrogens is 293 g/mol. The first kappa shape index (κ1) is 13.6. The van der Waals surface area contributed by atoms with E-state index in [0.29, 0.717) is 27.2 Å². The number of nitrogen functional groups attached to an aromatic ring is 1. The molecule has 3 aromatic rings. The van der Waals surface area contributed by atoms with Crippen LogP contribution in [0.2, 0.25) is 5.02 Å². The van der Waals surface area contributed by atoms with Crippen molar-refractivity contribution in [1.29, 1.82) is 0 Å².